The minimum absolute atomic E-state index is 0.104. The van der Waals surface area contributed by atoms with Gasteiger partial charge < -0.3 is 5.32 Å². The van der Waals surface area contributed by atoms with E-state index in [2.05, 4.69) is 10.3 Å². The van der Waals surface area contributed by atoms with Crippen LogP contribution in [0.25, 0.3) is 0 Å². The van der Waals surface area contributed by atoms with Gasteiger partial charge in [-0.3, -0.25) is 4.98 Å². The predicted molar refractivity (Wildman–Crippen MR) is 65.9 cm³/mol. The van der Waals surface area contributed by atoms with Gasteiger partial charge >= 0.3 is 0 Å². The summed E-state index contributed by atoms with van der Waals surface area (Å²) in [5, 5.41) is 3.31. The molecule has 2 nitrogen and oxygen atoms in total. The summed E-state index contributed by atoms with van der Waals surface area (Å²) >= 11 is 0. The zero-order valence-electron chi connectivity index (χ0n) is 9.73. The van der Waals surface area contributed by atoms with Gasteiger partial charge in [-0.1, -0.05) is 18.2 Å². The van der Waals surface area contributed by atoms with Crippen LogP contribution in [0.5, 0.6) is 0 Å². The molecule has 2 rings (SSSR count). The molecule has 0 radical (unpaired) electrons. The third kappa shape index (κ3) is 3.36. The van der Waals surface area contributed by atoms with Crippen molar-refractivity contribution in [2.75, 3.05) is 0 Å². The van der Waals surface area contributed by atoms with Gasteiger partial charge in [0.25, 0.3) is 0 Å². The Morgan fingerprint density at radius 3 is 2.82 bits per heavy atom. The molecular formula is C14H15FN2. The second kappa shape index (κ2) is 5.55. The smallest absolute Gasteiger partial charge is 0.123 e. The van der Waals surface area contributed by atoms with Crippen molar-refractivity contribution in [3.63, 3.8) is 0 Å². The highest BCUT2D eigenvalue weighted by molar-refractivity contribution is 5.19. The molecule has 0 amide bonds. The van der Waals surface area contributed by atoms with Gasteiger partial charge in [-0.2, -0.15) is 0 Å². The average Bonchev–Trinajstić information content (AvgIpc) is 2.37. The molecule has 88 valence electrons. The Morgan fingerprint density at radius 1 is 1.24 bits per heavy atom. The van der Waals surface area contributed by atoms with Gasteiger partial charge in [0.15, 0.2) is 0 Å². The summed E-state index contributed by atoms with van der Waals surface area (Å²) < 4.78 is 13.1. The highest BCUT2D eigenvalue weighted by atomic mass is 19.1. The molecule has 17 heavy (non-hydrogen) atoms. The Morgan fingerprint density at radius 2 is 2.12 bits per heavy atom. The van der Waals surface area contributed by atoms with E-state index in [9.17, 15) is 4.39 Å². The maximum atomic E-state index is 13.1. The molecule has 1 aromatic carbocycles. The van der Waals surface area contributed by atoms with Gasteiger partial charge in [0, 0.05) is 18.8 Å². The van der Waals surface area contributed by atoms with Crippen LogP contribution in [0.3, 0.4) is 0 Å². The van der Waals surface area contributed by atoms with Crippen LogP contribution in [0.4, 0.5) is 4.39 Å². The number of hydrogen-bond acceptors (Lipinski definition) is 2. The number of pyridine rings is 1. The molecule has 0 aliphatic heterocycles. The first-order valence-corrected chi connectivity index (χ1v) is 5.64. The largest absolute Gasteiger partial charge is 0.305 e. The van der Waals surface area contributed by atoms with Gasteiger partial charge in [-0.15, -0.1) is 0 Å². The van der Waals surface area contributed by atoms with E-state index >= 15 is 0 Å². The normalized spacial score (nSPS) is 12.4. The third-order valence-electron chi connectivity index (χ3n) is 2.66. The van der Waals surface area contributed by atoms with Gasteiger partial charge in [-0.25, -0.2) is 4.39 Å². The van der Waals surface area contributed by atoms with Crippen LogP contribution < -0.4 is 5.32 Å². The predicted octanol–water partition coefficient (Wildman–Crippen LogP) is 3.07. The maximum absolute atomic E-state index is 13.1. The Labute approximate surface area is 101 Å². The van der Waals surface area contributed by atoms with Crippen molar-refractivity contribution in [2.45, 2.75) is 19.5 Å². The fraction of sp³-hybridized carbons (Fsp3) is 0.214. The fourth-order valence-electron chi connectivity index (χ4n) is 1.65. The Bertz CT molecular complexity index is 471. The number of aromatic nitrogens is 1. The van der Waals surface area contributed by atoms with Crippen LogP contribution in [-0.4, -0.2) is 4.98 Å². The minimum atomic E-state index is -0.200. The summed E-state index contributed by atoms with van der Waals surface area (Å²) in [6, 6.07) is 12.6. The third-order valence-corrected chi connectivity index (χ3v) is 2.66. The quantitative estimate of drug-likeness (QED) is 0.873. The van der Waals surface area contributed by atoms with E-state index in [1.165, 1.54) is 6.07 Å². The maximum Gasteiger partial charge on any atom is 0.123 e. The minimum Gasteiger partial charge on any atom is -0.305 e. The van der Waals surface area contributed by atoms with Crippen LogP contribution in [0.1, 0.15) is 24.2 Å². The van der Waals surface area contributed by atoms with Gasteiger partial charge in [-0.05, 0) is 36.8 Å². The zero-order valence-corrected chi connectivity index (χ0v) is 9.73. The molecule has 0 saturated carbocycles. The van der Waals surface area contributed by atoms with E-state index in [1.54, 1.807) is 18.3 Å². The number of benzene rings is 1. The molecule has 0 bridgehead atoms. The Hall–Kier alpha value is -1.74. The molecule has 1 heterocycles. The zero-order chi connectivity index (χ0) is 12.1. The first-order chi connectivity index (χ1) is 8.25. The van der Waals surface area contributed by atoms with Gasteiger partial charge in [0.2, 0.25) is 0 Å². The second-order valence-corrected chi connectivity index (χ2v) is 3.98. The molecule has 0 aliphatic carbocycles. The number of hydrogen-bond donors (Lipinski definition) is 1. The van der Waals surface area contributed by atoms with Crippen LogP contribution in [0, 0.1) is 5.82 Å². The van der Waals surface area contributed by atoms with Crippen LogP contribution in [0.15, 0.2) is 48.7 Å². The molecular weight excluding hydrogens is 215 g/mol. The summed E-state index contributed by atoms with van der Waals surface area (Å²) in [7, 11) is 0. The summed E-state index contributed by atoms with van der Waals surface area (Å²) in [5.74, 6) is -0.200. The van der Waals surface area contributed by atoms with E-state index < -0.39 is 0 Å². The molecule has 0 fully saturated rings. The Balaban J connectivity index is 1.96. The van der Waals surface area contributed by atoms with Crippen LogP contribution in [-0.2, 0) is 6.54 Å². The van der Waals surface area contributed by atoms with Crippen molar-refractivity contribution >= 4 is 0 Å². The van der Waals surface area contributed by atoms with Crippen molar-refractivity contribution in [3.05, 3.63) is 65.7 Å². The van der Waals surface area contributed by atoms with Crippen molar-refractivity contribution < 1.29 is 4.39 Å². The van der Waals surface area contributed by atoms with E-state index in [-0.39, 0.29) is 11.9 Å². The number of rotatable bonds is 4. The van der Waals surface area contributed by atoms with Crippen LogP contribution in [0.2, 0.25) is 0 Å². The second-order valence-electron chi connectivity index (χ2n) is 3.98. The molecule has 0 saturated heterocycles. The fourth-order valence-corrected chi connectivity index (χ4v) is 1.65. The lowest BCUT2D eigenvalue weighted by atomic mass is 10.1. The summed E-state index contributed by atoms with van der Waals surface area (Å²) in [5.41, 5.74) is 1.93. The highest BCUT2D eigenvalue weighted by Gasteiger charge is 2.05. The van der Waals surface area contributed by atoms with E-state index in [0.29, 0.717) is 6.54 Å². The number of nitrogens with one attached hydrogen (secondary N) is 1. The molecule has 0 unspecified atom stereocenters. The van der Waals surface area contributed by atoms with E-state index in [0.717, 1.165) is 11.3 Å². The van der Waals surface area contributed by atoms with Crippen molar-refractivity contribution in [1.29, 1.82) is 0 Å². The van der Waals surface area contributed by atoms with Crippen molar-refractivity contribution in [1.82, 2.24) is 10.3 Å². The summed E-state index contributed by atoms with van der Waals surface area (Å²) in [6.07, 6.45) is 1.77. The number of nitrogens with zero attached hydrogens (tertiary/aromatic N) is 1. The van der Waals surface area contributed by atoms with E-state index in [1.807, 2.05) is 31.2 Å². The van der Waals surface area contributed by atoms with Gasteiger partial charge in [0.1, 0.15) is 5.82 Å². The standard InChI is InChI=1S/C14H15FN2/c1-11(12-5-4-6-13(15)9-12)17-10-14-7-2-3-8-16-14/h2-9,11,17H,10H2,1H3/t11-/m0/s1. The summed E-state index contributed by atoms with van der Waals surface area (Å²) in [4.78, 5) is 4.23. The molecule has 0 spiro atoms. The summed E-state index contributed by atoms with van der Waals surface area (Å²) in [6.45, 7) is 2.69. The molecule has 1 atom stereocenters. The molecule has 1 N–H and O–H groups in total. The van der Waals surface area contributed by atoms with Gasteiger partial charge in [0.05, 0.1) is 5.69 Å². The van der Waals surface area contributed by atoms with Crippen molar-refractivity contribution in [3.8, 4) is 0 Å². The van der Waals surface area contributed by atoms with Crippen LogP contribution >= 0.6 is 0 Å². The SMILES string of the molecule is C[C@H](NCc1ccccn1)c1cccc(F)c1. The molecule has 3 heteroatoms. The highest BCUT2D eigenvalue weighted by Crippen LogP contribution is 2.13. The lowest BCUT2D eigenvalue weighted by molar-refractivity contribution is 0.559. The monoisotopic (exact) mass is 230 g/mol. The lowest BCUT2D eigenvalue weighted by Crippen LogP contribution is -2.18. The van der Waals surface area contributed by atoms with Crippen molar-refractivity contribution in [2.24, 2.45) is 0 Å². The first-order valence-electron chi connectivity index (χ1n) is 5.64. The lowest BCUT2D eigenvalue weighted by Gasteiger charge is -2.13. The van der Waals surface area contributed by atoms with E-state index in [4.69, 9.17) is 0 Å². The first kappa shape index (κ1) is 11.7. The number of halogens is 1. The Kier molecular flexibility index (Phi) is 3.83. The molecule has 1 aromatic heterocycles. The molecule has 0 aliphatic rings. The average molecular weight is 230 g/mol. The topological polar surface area (TPSA) is 24.9 Å². The molecule has 2 aromatic rings.